The van der Waals surface area contributed by atoms with E-state index in [4.69, 9.17) is 20.8 Å². The predicted octanol–water partition coefficient (Wildman–Crippen LogP) is 4.06. The molecule has 0 saturated carbocycles. The fourth-order valence-corrected chi connectivity index (χ4v) is 5.04. The molecule has 168 valence electrons. The van der Waals surface area contributed by atoms with Crippen molar-refractivity contribution < 1.29 is 26.8 Å². The van der Waals surface area contributed by atoms with Gasteiger partial charge < -0.3 is 9.15 Å². The molecule has 0 atom stereocenters. The van der Waals surface area contributed by atoms with E-state index in [1.54, 1.807) is 24.3 Å². The summed E-state index contributed by atoms with van der Waals surface area (Å²) in [5, 5.41) is 8.27. The summed E-state index contributed by atoms with van der Waals surface area (Å²) in [6, 6.07) is 9.85. The molecule has 1 aliphatic rings. The van der Waals surface area contributed by atoms with E-state index in [1.807, 2.05) is 0 Å². The zero-order valence-corrected chi connectivity index (χ0v) is 18.4. The number of carbonyl (C=O) groups excluding carboxylic acids is 1. The van der Waals surface area contributed by atoms with Gasteiger partial charge in [0.2, 0.25) is 15.9 Å². The summed E-state index contributed by atoms with van der Waals surface area (Å²) in [5.74, 6) is -1.49. The molecular formula is C21H19ClFN3O5S. The number of carbonyl (C=O) groups is 1. The van der Waals surface area contributed by atoms with Crippen LogP contribution in [0.4, 0.5) is 4.39 Å². The number of piperidine rings is 1. The molecule has 8 nitrogen and oxygen atoms in total. The van der Waals surface area contributed by atoms with Gasteiger partial charge >= 0.3 is 5.97 Å². The first-order valence-electron chi connectivity index (χ1n) is 9.90. The monoisotopic (exact) mass is 479 g/mol. The third kappa shape index (κ3) is 4.82. The molecule has 2 heterocycles. The maximum absolute atomic E-state index is 14.3. The van der Waals surface area contributed by atoms with Gasteiger partial charge in [-0.05, 0) is 55.3 Å². The van der Waals surface area contributed by atoms with Crippen molar-refractivity contribution in [1.82, 2.24) is 14.5 Å². The summed E-state index contributed by atoms with van der Waals surface area (Å²) in [4.78, 5) is 11.9. The Kier molecular flexibility index (Phi) is 6.54. The molecular weight excluding hydrogens is 461 g/mol. The lowest BCUT2D eigenvalue weighted by atomic mass is 10.2. The van der Waals surface area contributed by atoms with Crippen LogP contribution in [0.15, 0.2) is 51.8 Å². The predicted molar refractivity (Wildman–Crippen MR) is 113 cm³/mol. The molecule has 4 rings (SSSR count). The van der Waals surface area contributed by atoms with E-state index >= 15 is 0 Å². The standard InChI is InChI=1S/C21H19ClFN3O5S/c22-16-7-4-14(5-8-16)20-25-24-19(31-20)13-30-21(27)15-6-9-17(23)18(12-15)32(28,29)26-10-2-1-3-11-26/h4-9,12H,1-3,10-11,13H2. The highest BCUT2D eigenvalue weighted by Crippen LogP contribution is 2.25. The lowest BCUT2D eigenvalue weighted by Gasteiger charge is -2.26. The lowest BCUT2D eigenvalue weighted by Crippen LogP contribution is -2.36. The first kappa shape index (κ1) is 22.4. The Morgan fingerprint density at radius 2 is 1.81 bits per heavy atom. The minimum Gasteiger partial charge on any atom is -0.452 e. The number of ether oxygens (including phenoxy) is 1. The molecule has 1 saturated heterocycles. The fourth-order valence-electron chi connectivity index (χ4n) is 3.30. The van der Waals surface area contributed by atoms with Crippen molar-refractivity contribution in [2.24, 2.45) is 0 Å². The summed E-state index contributed by atoms with van der Waals surface area (Å²) in [7, 11) is -4.05. The Bertz CT molecular complexity index is 1220. The zero-order valence-electron chi connectivity index (χ0n) is 16.8. The minimum absolute atomic E-state index is 0.0478. The molecule has 0 unspecified atom stereocenters. The number of hydrogen-bond donors (Lipinski definition) is 0. The average Bonchev–Trinajstić information content (AvgIpc) is 3.28. The lowest BCUT2D eigenvalue weighted by molar-refractivity contribution is 0.0438. The van der Waals surface area contributed by atoms with Crippen LogP contribution < -0.4 is 0 Å². The Labute approximate surface area is 189 Å². The van der Waals surface area contributed by atoms with E-state index in [0.29, 0.717) is 36.5 Å². The Hall–Kier alpha value is -2.82. The maximum atomic E-state index is 14.3. The summed E-state index contributed by atoms with van der Waals surface area (Å²) >= 11 is 5.85. The molecule has 0 spiro atoms. The van der Waals surface area contributed by atoms with Crippen LogP contribution in [0.5, 0.6) is 0 Å². The SMILES string of the molecule is O=C(OCc1nnc(-c2ccc(Cl)cc2)o1)c1ccc(F)c(S(=O)(=O)N2CCCCC2)c1. The molecule has 1 aliphatic heterocycles. The second-order valence-corrected chi connectivity index (χ2v) is 9.54. The zero-order chi connectivity index (χ0) is 22.7. The normalized spacial score (nSPS) is 14.9. The number of rotatable bonds is 6. The third-order valence-corrected chi connectivity index (χ3v) is 7.15. The largest absolute Gasteiger partial charge is 0.452 e. The molecule has 1 aromatic heterocycles. The van der Waals surface area contributed by atoms with Crippen LogP contribution in [0.3, 0.4) is 0 Å². The topological polar surface area (TPSA) is 103 Å². The van der Waals surface area contributed by atoms with E-state index in [-0.39, 0.29) is 24.0 Å². The molecule has 0 aliphatic carbocycles. The van der Waals surface area contributed by atoms with Crippen molar-refractivity contribution in [3.8, 4) is 11.5 Å². The van der Waals surface area contributed by atoms with Crippen LogP contribution in [-0.2, 0) is 21.4 Å². The molecule has 1 fully saturated rings. The van der Waals surface area contributed by atoms with Crippen LogP contribution in [0.2, 0.25) is 5.02 Å². The Morgan fingerprint density at radius 1 is 1.09 bits per heavy atom. The van der Waals surface area contributed by atoms with Crippen molar-refractivity contribution >= 4 is 27.6 Å². The van der Waals surface area contributed by atoms with Gasteiger partial charge in [-0.3, -0.25) is 0 Å². The van der Waals surface area contributed by atoms with E-state index in [1.165, 1.54) is 10.4 Å². The molecule has 0 bridgehead atoms. The van der Waals surface area contributed by atoms with Gasteiger partial charge in [0.15, 0.2) is 6.61 Å². The minimum atomic E-state index is -4.05. The van der Waals surface area contributed by atoms with E-state index in [0.717, 1.165) is 18.6 Å². The van der Waals surface area contributed by atoms with Crippen LogP contribution in [0, 0.1) is 5.82 Å². The summed E-state index contributed by atoms with van der Waals surface area (Å²) in [6.45, 7) is 0.318. The molecule has 0 amide bonds. The van der Waals surface area contributed by atoms with Crippen molar-refractivity contribution in [3.63, 3.8) is 0 Å². The number of hydrogen-bond acceptors (Lipinski definition) is 7. The van der Waals surface area contributed by atoms with Crippen molar-refractivity contribution in [3.05, 3.63) is 64.8 Å². The molecule has 3 aromatic rings. The van der Waals surface area contributed by atoms with Gasteiger partial charge in [0.25, 0.3) is 5.89 Å². The van der Waals surface area contributed by atoms with E-state index in [2.05, 4.69) is 10.2 Å². The van der Waals surface area contributed by atoms with Gasteiger partial charge in [-0.25, -0.2) is 17.6 Å². The highest BCUT2D eigenvalue weighted by molar-refractivity contribution is 7.89. The quantitative estimate of drug-likeness (QED) is 0.491. The number of benzene rings is 2. The van der Waals surface area contributed by atoms with Crippen molar-refractivity contribution in [2.45, 2.75) is 30.8 Å². The second-order valence-electron chi connectivity index (χ2n) is 7.19. The average molecular weight is 480 g/mol. The van der Waals surface area contributed by atoms with Gasteiger partial charge in [0, 0.05) is 23.7 Å². The van der Waals surface area contributed by atoms with Gasteiger partial charge in [-0.2, -0.15) is 4.31 Å². The fraction of sp³-hybridized carbons (Fsp3) is 0.286. The van der Waals surface area contributed by atoms with E-state index in [9.17, 15) is 17.6 Å². The molecule has 0 radical (unpaired) electrons. The number of nitrogens with zero attached hydrogens (tertiary/aromatic N) is 3. The maximum Gasteiger partial charge on any atom is 0.338 e. The molecule has 11 heteroatoms. The van der Waals surface area contributed by atoms with Crippen LogP contribution in [0.1, 0.15) is 35.5 Å². The molecule has 32 heavy (non-hydrogen) atoms. The van der Waals surface area contributed by atoms with Gasteiger partial charge in [-0.15, -0.1) is 10.2 Å². The first-order valence-corrected chi connectivity index (χ1v) is 11.7. The smallest absolute Gasteiger partial charge is 0.338 e. The van der Waals surface area contributed by atoms with Crippen molar-refractivity contribution in [2.75, 3.05) is 13.1 Å². The number of halogens is 2. The second kappa shape index (κ2) is 9.35. The van der Waals surface area contributed by atoms with Gasteiger partial charge in [-0.1, -0.05) is 18.0 Å². The van der Waals surface area contributed by atoms with Gasteiger partial charge in [0.1, 0.15) is 10.7 Å². The van der Waals surface area contributed by atoms with Crippen LogP contribution >= 0.6 is 11.6 Å². The molecule has 2 aromatic carbocycles. The first-order chi connectivity index (χ1) is 15.3. The summed E-state index contributed by atoms with van der Waals surface area (Å²) < 4.78 is 51.8. The van der Waals surface area contributed by atoms with Crippen LogP contribution in [-0.4, -0.2) is 42.0 Å². The van der Waals surface area contributed by atoms with Crippen LogP contribution in [0.25, 0.3) is 11.5 Å². The van der Waals surface area contributed by atoms with Crippen molar-refractivity contribution in [1.29, 1.82) is 0 Å². The number of sulfonamides is 1. The number of esters is 1. The highest BCUT2D eigenvalue weighted by Gasteiger charge is 2.29. The number of aromatic nitrogens is 2. The third-order valence-electron chi connectivity index (χ3n) is 4.98. The van der Waals surface area contributed by atoms with Gasteiger partial charge in [0.05, 0.1) is 5.56 Å². The Morgan fingerprint density at radius 3 is 2.53 bits per heavy atom. The summed E-state index contributed by atoms with van der Waals surface area (Å²) in [6.07, 6.45) is 2.35. The molecule has 0 N–H and O–H groups in total. The Balaban J connectivity index is 1.46. The highest BCUT2D eigenvalue weighted by atomic mass is 35.5. The summed E-state index contributed by atoms with van der Waals surface area (Å²) in [5.41, 5.74) is 0.546. The van der Waals surface area contributed by atoms with E-state index < -0.39 is 26.7 Å².